The lowest BCUT2D eigenvalue weighted by atomic mass is 10.1. The number of nitrogens with zero attached hydrogens (tertiary/aromatic N) is 7. The number of hydrogen-bond acceptors (Lipinski definition) is 10. The Bertz CT molecular complexity index is 1790. The third-order valence-electron chi connectivity index (χ3n) is 6.67. The van der Waals surface area contributed by atoms with E-state index in [0.717, 1.165) is 31.7 Å². The van der Waals surface area contributed by atoms with Gasteiger partial charge in [0, 0.05) is 24.9 Å². The molecule has 4 aromatic heterocycles. The van der Waals surface area contributed by atoms with E-state index < -0.39 is 27.6 Å². The fourth-order valence-electron chi connectivity index (χ4n) is 4.31. The van der Waals surface area contributed by atoms with Gasteiger partial charge >= 0.3 is 6.18 Å². The number of nitrogens with one attached hydrogen (secondary N) is 1. The number of hydrogen-bond donors (Lipinski definition) is 1. The lowest BCUT2D eigenvalue weighted by Gasteiger charge is -2.22. The third-order valence-corrected chi connectivity index (χ3v) is 7.67. The van der Waals surface area contributed by atoms with Crippen LogP contribution in [0.5, 0.6) is 0 Å². The molecular weight excluding hydrogens is 549 g/mol. The number of halogens is 3. The van der Waals surface area contributed by atoms with Crippen LogP contribution in [-0.4, -0.2) is 55.3 Å². The van der Waals surface area contributed by atoms with Crippen LogP contribution in [0.3, 0.4) is 0 Å². The second kappa shape index (κ2) is 9.87. The van der Waals surface area contributed by atoms with Gasteiger partial charge in [0.2, 0.25) is 0 Å². The van der Waals surface area contributed by atoms with Crippen molar-refractivity contribution in [3.05, 3.63) is 57.7 Å². The molecule has 1 atom stereocenters. The summed E-state index contributed by atoms with van der Waals surface area (Å²) in [5, 5.41) is 2.63. The first-order chi connectivity index (χ1) is 18.8. The number of fused-ring (bicyclic) bond motifs is 1. The summed E-state index contributed by atoms with van der Waals surface area (Å²) in [5.74, 6) is -0.0153. The van der Waals surface area contributed by atoms with Gasteiger partial charge in [0.25, 0.3) is 5.56 Å². The van der Waals surface area contributed by atoms with E-state index in [2.05, 4.69) is 35.2 Å². The predicted octanol–water partition coefficient (Wildman–Crippen LogP) is 3.67. The van der Waals surface area contributed by atoms with E-state index in [4.69, 9.17) is 0 Å². The average Bonchev–Trinajstić information content (AvgIpc) is 3.72. The van der Waals surface area contributed by atoms with Crippen molar-refractivity contribution in [2.75, 3.05) is 11.6 Å². The van der Waals surface area contributed by atoms with Crippen molar-refractivity contribution >= 4 is 26.8 Å². The first-order valence-corrected chi connectivity index (χ1v) is 14.2. The van der Waals surface area contributed by atoms with Gasteiger partial charge in [-0.2, -0.15) is 13.2 Å². The smallest absolute Gasteiger partial charge is 0.361 e. The quantitative estimate of drug-likeness (QED) is 0.347. The van der Waals surface area contributed by atoms with Crippen molar-refractivity contribution in [3.8, 4) is 11.4 Å². The summed E-state index contributed by atoms with van der Waals surface area (Å²) in [7, 11) is -3.51. The summed E-state index contributed by atoms with van der Waals surface area (Å²) in [6, 6.07) is 0.561. The Hall–Kier alpha value is -4.01. The summed E-state index contributed by atoms with van der Waals surface area (Å²) in [6.07, 6.45) is 0.843. The average molecular weight is 575 g/mol. The minimum Gasteiger partial charge on any atom is -0.361 e. The predicted molar refractivity (Wildman–Crippen MR) is 140 cm³/mol. The molecule has 0 bridgehead atoms. The molecule has 1 aliphatic carbocycles. The Kier molecular flexibility index (Phi) is 6.80. The van der Waals surface area contributed by atoms with E-state index in [1.165, 1.54) is 24.7 Å². The van der Waals surface area contributed by atoms with E-state index in [0.29, 0.717) is 21.4 Å². The summed E-state index contributed by atoms with van der Waals surface area (Å²) >= 11 is 0. The first-order valence-electron chi connectivity index (χ1n) is 12.3. The van der Waals surface area contributed by atoms with Crippen LogP contribution in [0.2, 0.25) is 0 Å². The Morgan fingerprint density at radius 1 is 1.07 bits per heavy atom. The Labute approximate surface area is 226 Å². The number of aromatic nitrogens is 7. The standard InChI is InChI=1S/C25H25F3N8O3S/c1-12-18(20(16-6-7-16)32-11-31-12)21-33-13(2)19-23(35-21)36(14(3)25(26,27)28)24(37)22(34-19)30-10-15-5-8-17(29-9-15)40(4,38)39/h5,8-9,11,14,16H,6-7,10H2,1-4H3,(H,30,34). The molecule has 1 N–H and O–H groups in total. The third kappa shape index (κ3) is 5.24. The highest BCUT2D eigenvalue weighted by molar-refractivity contribution is 7.90. The van der Waals surface area contributed by atoms with Gasteiger partial charge in [0.1, 0.15) is 17.9 Å². The molecule has 210 valence electrons. The fourth-order valence-corrected chi connectivity index (χ4v) is 4.87. The van der Waals surface area contributed by atoms with Crippen LogP contribution >= 0.6 is 0 Å². The minimum atomic E-state index is -4.76. The first kappa shape index (κ1) is 27.6. The van der Waals surface area contributed by atoms with E-state index >= 15 is 0 Å². The van der Waals surface area contributed by atoms with E-state index in [-0.39, 0.29) is 46.0 Å². The lowest BCUT2D eigenvalue weighted by Crippen LogP contribution is -2.35. The number of aryl methyl sites for hydroxylation is 2. The van der Waals surface area contributed by atoms with Gasteiger partial charge < -0.3 is 5.32 Å². The molecule has 0 aliphatic heterocycles. The van der Waals surface area contributed by atoms with Gasteiger partial charge in [-0.3, -0.25) is 9.36 Å². The largest absolute Gasteiger partial charge is 0.409 e. The molecule has 4 aromatic rings. The Balaban J connectivity index is 1.64. The molecule has 0 amide bonds. The topological polar surface area (TPSA) is 146 Å². The van der Waals surface area contributed by atoms with Gasteiger partial charge in [0.15, 0.2) is 32.2 Å². The highest BCUT2D eigenvalue weighted by atomic mass is 32.2. The fraction of sp³-hybridized carbons (Fsp3) is 0.400. The molecule has 1 unspecified atom stereocenters. The molecule has 0 radical (unpaired) electrons. The summed E-state index contributed by atoms with van der Waals surface area (Å²) in [6.45, 7) is 4.16. The molecule has 15 heteroatoms. The molecule has 0 aromatic carbocycles. The van der Waals surface area contributed by atoms with Crippen LogP contribution in [-0.2, 0) is 16.4 Å². The molecule has 0 saturated heterocycles. The summed E-state index contributed by atoms with van der Waals surface area (Å²) in [5.41, 5.74) is 1.35. The van der Waals surface area contributed by atoms with E-state index in [1.54, 1.807) is 13.8 Å². The highest BCUT2D eigenvalue weighted by Crippen LogP contribution is 2.43. The molecular formula is C25H25F3N8O3S. The molecule has 1 aliphatic rings. The second-order valence-corrected chi connectivity index (χ2v) is 11.7. The number of anilines is 1. The maximum absolute atomic E-state index is 14.0. The summed E-state index contributed by atoms with van der Waals surface area (Å²) in [4.78, 5) is 39.2. The molecule has 1 saturated carbocycles. The van der Waals surface area contributed by atoms with Crippen LogP contribution < -0.4 is 10.9 Å². The molecule has 4 heterocycles. The van der Waals surface area contributed by atoms with E-state index in [1.807, 2.05) is 0 Å². The zero-order valence-electron chi connectivity index (χ0n) is 22.0. The number of pyridine rings is 1. The maximum atomic E-state index is 14.0. The van der Waals surface area contributed by atoms with Gasteiger partial charge in [0.05, 0.1) is 22.6 Å². The van der Waals surface area contributed by atoms with Gasteiger partial charge in [-0.05, 0) is 45.2 Å². The SMILES string of the molecule is Cc1ncnc(C2CC2)c1-c1nc(C)c2nc(NCc3ccc(S(C)(=O)=O)nc3)c(=O)n(C(C)C(F)(F)F)c2n1. The van der Waals surface area contributed by atoms with Gasteiger partial charge in [-0.15, -0.1) is 0 Å². The summed E-state index contributed by atoms with van der Waals surface area (Å²) < 4.78 is 65.9. The van der Waals surface area contributed by atoms with Crippen LogP contribution in [0.15, 0.2) is 34.5 Å². The van der Waals surface area contributed by atoms with Crippen molar-refractivity contribution in [2.24, 2.45) is 0 Å². The van der Waals surface area contributed by atoms with Crippen molar-refractivity contribution in [3.63, 3.8) is 0 Å². The van der Waals surface area contributed by atoms with Gasteiger partial charge in [-0.1, -0.05) is 6.07 Å². The lowest BCUT2D eigenvalue weighted by molar-refractivity contribution is -0.162. The van der Waals surface area contributed by atoms with Crippen LogP contribution in [0.4, 0.5) is 19.0 Å². The molecule has 11 nitrogen and oxygen atoms in total. The van der Waals surface area contributed by atoms with Crippen molar-refractivity contribution in [2.45, 2.75) is 63.3 Å². The normalized spacial score (nSPS) is 14.9. The zero-order valence-corrected chi connectivity index (χ0v) is 22.8. The maximum Gasteiger partial charge on any atom is 0.409 e. The molecule has 40 heavy (non-hydrogen) atoms. The van der Waals surface area contributed by atoms with Crippen LogP contribution in [0, 0.1) is 13.8 Å². The van der Waals surface area contributed by atoms with Crippen LogP contribution in [0.25, 0.3) is 22.6 Å². The monoisotopic (exact) mass is 574 g/mol. The zero-order chi connectivity index (χ0) is 29.0. The molecule has 5 rings (SSSR count). The van der Waals surface area contributed by atoms with Gasteiger partial charge in [-0.25, -0.2) is 38.3 Å². The number of rotatable bonds is 7. The minimum absolute atomic E-state index is 0.0231. The Morgan fingerprint density at radius 3 is 2.40 bits per heavy atom. The molecule has 0 spiro atoms. The van der Waals surface area contributed by atoms with Crippen molar-refractivity contribution < 1.29 is 21.6 Å². The number of alkyl halides is 3. The second-order valence-electron chi connectivity index (χ2n) is 9.78. The van der Waals surface area contributed by atoms with Crippen LogP contribution in [0.1, 0.15) is 54.4 Å². The molecule has 1 fully saturated rings. The van der Waals surface area contributed by atoms with E-state index in [9.17, 15) is 26.4 Å². The highest BCUT2D eigenvalue weighted by Gasteiger charge is 2.40. The van der Waals surface area contributed by atoms with Crippen molar-refractivity contribution in [1.82, 2.24) is 34.5 Å². The Morgan fingerprint density at radius 2 is 1.80 bits per heavy atom. The number of sulfone groups is 1. The van der Waals surface area contributed by atoms with Crippen molar-refractivity contribution in [1.29, 1.82) is 0 Å².